The zero-order valence-corrected chi connectivity index (χ0v) is 13.4. The van der Waals surface area contributed by atoms with E-state index in [4.69, 9.17) is 0 Å². The summed E-state index contributed by atoms with van der Waals surface area (Å²) in [6, 6.07) is 17.7. The summed E-state index contributed by atoms with van der Waals surface area (Å²) >= 11 is 0. The molecule has 1 aromatic carbocycles. The van der Waals surface area contributed by atoms with Crippen LogP contribution in [0.3, 0.4) is 0 Å². The number of nitrogens with one attached hydrogen (secondary N) is 2. The Balaban J connectivity index is 1.62. The van der Waals surface area contributed by atoms with Gasteiger partial charge in [0.25, 0.3) is 5.56 Å². The first-order valence-electron chi connectivity index (χ1n) is 8.25. The number of aromatic nitrogens is 2. The Morgan fingerprint density at radius 2 is 2.00 bits per heavy atom. The minimum atomic E-state index is -0.106. The summed E-state index contributed by atoms with van der Waals surface area (Å²) in [7, 11) is 0. The van der Waals surface area contributed by atoms with Gasteiger partial charge in [0.1, 0.15) is 5.65 Å². The van der Waals surface area contributed by atoms with Gasteiger partial charge in [-0.1, -0.05) is 36.4 Å². The highest BCUT2D eigenvalue weighted by atomic mass is 16.1. The molecule has 1 fully saturated rings. The molecule has 5 nitrogen and oxygen atoms in total. The maximum absolute atomic E-state index is 12.2. The van der Waals surface area contributed by atoms with E-state index in [0.717, 1.165) is 25.2 Å². The Bertz CT molecular complexity index is 898. The van der Waals surface area contributed by atoms with E-state index < -0.39 is 0 Å². The minimum absolute atomic E-state index is 0.0456. The van der Waals surface area contributed by atoms with E-state index >= 15 is 0 Å². The fourth-order valence-electron chi connectivity index (χ4n) is 3.40. The predicted molar refractivity (Wildman–Crippen MR) is 93.9 cm³/mol. The topological polar surface area (TPSA) is 58.4 Å². The molecule has 0 aliphatic carbocycles. The van der Waals surface area contributed by atoms with Crippen LogP contribution in [0.1, 0.15) is 17.7 Å². The number of pyridine rings is 1. The van der Waals surface area contributed by atoms with E-state index in [2.05, 4.69) is 39.9 Å². The molecule has 0 saturated carbocycles. The fraction of sp³-hybridized carbons (Fsp3) is 0.263. The molecule has 3 heterocycles. The van der Waals surface area contributed by atoms with Crippen molar-refractivity contribution in [2.45, 2.75) is 18.5 Å². The van der Waals surface area contributed by atoms with Gasteiger partial charge >= 0.3 is 0 Å². The molecule has 1 aliphatic heterocycles. The van der Waals surface area contributed by atoms with E-state index in [1.165, 1.54) is 5.56 Å². The quantitative estimate of drug-likeness (QED) is 0.768. The molecule has 0 radical (unpaired) electrons. The van der Waals surface area contributed by atoms with E-state index in [9.17, 15) is 4.79 Å². The van der Waals surface area contributed by atoms with Crippen molar-refractivity contribution in [3.8, 4) is 0 Å². The molecule has 24 heavy (non-hydrogen) atoms. The van der Waals surface area contributed by atoms with Crippen molar-refractivity contribution in [1.82, 2.24) is 20.0 Å². The molecular weight excluding hydrogens is 300 g/mol. The van der Waals surface area contributed by atoms with Crippen molar-refractivity contribution in [3.63, 3.8) is 0 Å². The molecule has 0 amide bonds. The molecule has 1 aliphatic rings. The Labute approximate surface area is 140 Å². The van der Waals surface area contributed by atoms with Crippen LogP contribution in [-0.2, 0) is 12.1 Å². The molecule has 1 atom stereocenters. The molecule has 1 unspecified atom stereocenters. The zero-order chi connectivity index (χ0) is 16.4. The lowest BCUT2D eigenvalue weighted by atomic mass is 9.89. The third-order valence-corrected chi connectivity index (χ3v) is 4.71. The normalized spacial score (nSPS) is 20.5. The molecule has 5 heteroatoms. The first kappa shape index (κ1) is 15.1. The average molecular weight is 320 g/mol. The number of nitrogens with zero attached hydrogens (tertiary/aromatic N) is 2. The second kappa shape index (κ2) is 6.19. The standard InChI is InChI=1S/C19H20N4O/c24-18-12-16(22-17-8-4-5-11-23(17)18)13-21-19(9-10-20-14-19)15-6-2-1-3-7-15/h1-8,11-12,20-21H,9-10,13-14H2. The van der Waals surface area contributed by atoms with Gasteiger partial charge in [-0.05, 0) is 30.7 Å². The largest absolute Gasteiger partial charge is 0.314 e. The van der Waals surface area contributed by atoms with Crippen LogP contribution < -0.4 is 16.2 Å². The number of benzene rings is 1. The number of rotatable bonds is 4. The molecule has 2 N–H and O–H groups in total. The lowest BCUT2D eigenvalue weighted by Crippen LogP contribution is -2.44. The Hall–Kier alpha value is -2.50. The molecule has 4 rings (SSSR count). The average Bonchev–Trinajstić information content (AvgIpc) is 3.11. The Morgan fingerprint density at radius 3 is 2.79 bits per heavy atom. The summed E-state index contributed by atoms with van der Waals surface area (Å²) in [6.07, 6.45) is 2.76. The van der Waals surface area contributed by atoms with Crippen molar-refractivity contribution in [3.05, 3.63) is 82.4 Å². The van der Waals surface area contributed by atoms with Crippen LogP contribution in [0.4, 0.5) is 0 Å². The first-order chi connectivity index (χ1) is 11.8. The van der Waals surface area contributed by atoms with Gasteiger partial charge in [0.05, 0.1) is 11.2 Å². The van der Waals surface area contributed by atoms with Crippen molar-refractivity contribution in [1.29, 1.82) is 0 Å². The van der Waals surface area contributed by atoms with Crippen LogP contribution >= 0.6 is 0 Å². The van der Waals surface area contributed by atoms with E-state index in [-0.39, 0.29) is 11.1 Å². The summed E-state index contributed by atoms with van der Waals surface area (Å²) in [4.78, 5) is 16.8. The molecule has 0 spiro atoms. The highest BCUT2D eigenvalue weighted by Crippen LogP contribution is 2.28. The van der Waals surface area contributed by atoms with Crippen molar-refractivity contribution >= 4 is 5.65 Å². The monoisotopic (exact) mass is 320 g/mol. The van der Waals surface area contributed by atoms with Crippen LogP contribution in [0.2, 0.25) is 0 Å². The fourth-order valence-corrected chi connectivity index (χ4v) is 3.40. The Morgan fingerprint density at radius 1 is 1.17 bits per heavy atom. The van der Waals surface area contributed by atoms with Gasteiger partial charge in [0, 0.05) is 25.4 Å². The van der Waals surface area contributed by atoms with Crippen LogP contribution in [0.25, 0.3) is 5.65 Å². The van der Waals surface area contributed by atoms with E-state index in [0.29, 0.717) is 12.2 Å². The molecular formula is C19H20N4O. The first-order valence-corrected chi connectivity index (χ1v) is 8.25. The highest BCUT2D eigenvalue weighted by molar-refractivity contribution is 5.38. The van der Waals surface area contributed by atoms with Gasteiger partial charge in [-0.25, -0.2) is 4.98 Å². The third kappa shape index (κ3) is 2.72. The smallest absolute Gasteiger partial charge is 0.258 e. The summed E-state index contributed by atoms with van der Waals surface area (Å²) in [5.74, 6) is 0. The molecule has 0 bridgehead atoms. The zero-order valence-electron chi connectivity index (χ0n) is 13.4. The molecule has 122 valence electrons. The Kier molecular flexibility index (Phi) is 3.88. The second-order valence-corrected chi connectivity index (χ2v) is 6.24. The van der Waals surface area contributed by atoms with Crippen LogP contribution in [0.15, 0.2) is 65.6 Å². The van der Waals surface area contributed by atoms with Crippen molar-refractivity contribution in [2.24, 2.45) is 0 Å². The van der Waals surface area contributed by atoms with Gasteiger partial charge in [-0.3, -0.25) is 9.20 Å². The SMILES string of the molecule is O=c1cc(CNC2(c3ccccc3)CCNC2)nc2ccccn12. The second-order valence-electron chi connectivity index (χ2n) is 6.24. The minimum Gasteiger partial charge on any atom is -0.314 e. The summed E-state index contributed by atoms with van der Waals surface area (Å²) < 4.78 is 1.56. The van der Waals surface area contributed by atoms with Gasteiger partial charge in [0.2, 0.25) is 0 Å². The van der Waals surface area contributed by atoms with Gasteiger partial charge in [-0.15, -0.1) is 0 Å². The van der Waals surface area contributed by atoms with Gasteiger partial charge in [0.15, 0.2) is 0 Å². The van der Waals surface area contributed by atoms with Crippen molar-refractivity contribution in [2.75, 3.05) is 13.1 Å². The van der Waals surface area contributed by atoms with Crippen LogP contribution in [0.5, 0.6) is 0 Å². The highest BCUT2D eigenvalue weighted by Gasteiger charge is 2.34. The van der Waals surface area contributed by atoms with E-state index in [1.54, 1.807) is 16.7 Å². The van der Waals surface area contributed by atoms with E-state index in [1.807, 2.05) is 24.3 Å². The number of hydrogen-bond acceptors (Lipinski definition) is 4. The predicted octanol–water partition coefficient (Wildman–Crippen LogP) is 1.67. The molecule has 1 saturated heterocycles. The molecule has 3 aromatic rings. The maximum Gasteiger partial charge on any atom is 0.258 e. The summed E-state index contributed by atoms with van der Waals surface area (Å²) in [6.45, 7) is 2.43. The summed E-state index contributed by atoms with van der Waals surface area (Å²) in [5, 5.41) is 7.09. The van der Waals surface area contributed by atoms with Crippen LogP contribution in [-0.4, -0.2) is 22.5 Å². The number of fused-ring (bicyclic) bond motifs is 1. The maximum atomic E-state index is 12.2. The van der Waals surface area contributed by atoms with Gasteiger partial charge in [-0.2, -0.15) is 0 Å². The lowest BCUT2D eigenvalue weighted by molar-refractivity contribution is 0.360. The van der Waals surface area contributed by atoms with Crippen molar-refractivity contribution < 1.29 is 0 Å². The third-order valence-electron chi connectivity index (χ3n) is 4.71. The van der Waals surface area contributed by atoms with Gasteiger partial charge < -0.3 is 10.6 Å². The molecule has 2 aromatic heterocycles. The number of hydrogen-bond donors (Lipinski definition) is 2. The lowest BCUT2D eigenvalue weighted by Gasteiger charge is -2.30. The summed E-state index contributed by atoms with van der Waals surface area (Å²) in [5.41, 5.74) is 2.57. The van der Waals surface area contributed by atoms with Crippen LogP contribution in [0, 0.1) is 0 Å².